The summed E-state index contributed by atoms with van der Waals surface area (Å²) in [5.74, 6) is -0.237. The number of ether oxygens (including phenoxy) is 1. The van der Waals surface area contributed by atoms with Crippen molar-refractivity contribution in [2.75, 3.05) is 12.4 Å². The average Bonchev–Trinajstić information content (AvgIpc) is 2.88. The van der Waals surface area contributed by atoms with Gasteiger partial charge in [0.1, 0.15) is 11.5 Å². The lowest BCUT2D eigenvalue weighted by Crippen LogP contribution is -2.12. The van der Waals surface area contributed by atoms with E-state index >= 15 is 0 Å². The Bertz CT molecular complexity index is 717. The summed E-state index contributed by atoms with van der Waals surface area (Å²) in [6.07, 6.45) is 0.704. The first kappa shape index (κ1) is 15.6. The van der Waals surface area contributed by atoms with E-state index in [0.717, 1.165) is 11.3 Å². The average molecular weight is 303 g/mol. The van der Waals surface area contributed by atoms with Crippen LogP contribution >= 0.6 is 0 Å². The van der Waals surface area contributed by atoms with Crippen LogP contribution in [0.1, 0.15) is 39.2 Å². The topological polar surface area (TPSA) is 88.8 Å². The Morgan fingerprint density at radius 1 is 1.32 bits per heavy atom. The highest BCUT2D eigenvalue weighted by Crippen LogP contribution is 2.26. The smallest absolute Gasteiger partial charge is 0.335 e. The van der Waals surface area contributed by atoms with E-state index in [2.05, 4.69) is 5.32 Å². The molecule has 116 valence electrons. The van der Waals surface area contributed by atoms with Crippen LogP contribution in [-0.4, -0.2) is 24.1 Å². The summed E-state index contributed by atoms with van der Waals surface area (Å²) in [6, 6.07) is 5.90. The Labute approximate surface area is 127 Å². The molecule has 2 N–H and O–H groups in total. The molecule has 0 bridgehead atoms. The molecule has 2 aromatic rings. The Morgan fingerprint density at radius 2 is 2.05 bits per heavy atom. The zero-order chi connectivity index (χ0) is 16.3. The fourth-order valence-electron chi connectivity index (χ4n) is 2.09. The first-order chi connectivity index (χ1) is 10.5. The van der Waals surface area contributed by atoms with Gasteiger partial charge in [0.05, 0.1) is 18.4 Å². The molecule has 0 saturated heterocycles. The van der Waals surface area contributed by atoms with Crippen LogP contribution in [0.5, 0.6) is 5.75 Å². The molecule has 0 radical (unpaired) electrons. The van der Waals surface area contributed by atoms with Crippen LogP contribution in [0.3, 0.4) is 0 Å². The van der Waals surface area contributed by atoms with E-state index in [1.807, 2.05) is 13.8 Å². The molecule has 1 heterocycles. The number of aryl methyl sites for hydroxylation is 2. The number of carbonyl (C=O) groups excluding carboxylic acids is 1. The lowest BCUT2D eigenvalue weighted by Gasteiger charge is -2.10. The first-order valence-corrected chi connectivity index (χ1v) is 6.78. The third-order valence-corrected chi connectivity index (χ3v) is 3.26. The number of furan rings is 1. The summed E-state index contributed by atoms with van der Waals surface area (Å²) < 4.78 is 10.6. The molecule has 0 saturated carbocycles. The van der Waals surface area contributed by atoms with Crippen molar-refractivity contribution in [2.45, 2.75) is 20.3 Å². The van der Waals surface area contributed by atoms with Crippen molar-refractivity contribution < 1.29 is 23.8 Å². The fraction of sp³-hybridized carbons (Fsp3) is 0.250. The van der Waals surface area contributed by atoms with Crippen LogP contribution in [-0.2, 0) is 6.42 Å². The highest BCUT2D eigenvalue weighted by Gasteiger charge is 2.16. The second-order valence-corrected chi connectivity index (χ2v) is 4.74. The van der Waals surface area contributed by atoms with Gasteiger partial charge in [-0.15, -0.1) is 0 Å². The minimum atomic E-state index is -1.06. The van der Waals surface area contributed by atoms with Crippen LogP contribution in [0, 0.1) is 6.92 Å². The number of hydrogen-bond donors (Lipinski definition) is 2. The largest absolute Gasteiger partial charge is 0.495 e. The van der Waals surface area contributed by atoms with Gasteiger partial charge in [0, 0.05) is 6.42 Å². The fourth-order valence-corrected chi connectivity index (χ4v) is 2.09. The van der Waals surface area contributed by atoms with Gasteiger partial charge in [0.2, 0.25) is 0 Å². The molecule has 1 aromatic heterocycles. The predicted molar refractivity (Wildman–Crippen MR) is 80.7 cm³/mol. The maximum absolute atomic E-state index is 12.2. The van der Waals surface area contributed by atoms with Gasteiger partial charge in [0.25, 0.3) is 5.91 Å². The maximum Gasteiger partial charge on any atom is 0.335 e. The van der Waals surface area contributed by atoms with E-state index < -0.39 is 11.9 Å². The SMILES string of the molecule is CCc1oc(C(=O)Nc2ccc(C(=O)O)cc2OC)cc1C. The van der Waals surface area contributed by atoms with Crippen molar-refractivity contribution in [2.24, 2.45) is 0 Å². The monoisotopic (exact) mass is 303 g/mol. The number of carboxylic acids is 1. The number of rotatable bonds is 5. The lowest BCUT2D eigenvalue weighted by molar-refractivity contribution is 0.0696. The van der Waals surface area contributed by atoms with Gasteiger partial charge in [-0.3, -0.25) is 4.79 Å². The molecule has 0 spiro atoms. The van der Waals surface area contributed by atoms with Crippen molar-refractivity contribution in [3.05, 3.63) is 46.9 Å². The molecule has 0 atom stereocenters. The summed E-state index contributed by atoms with van der Waals surface area (Å²) in [5.41, 5.74) is 1.38. The molecule has 0 aliphatic rings. The molecule has 1 amide bonds. The Morgan fingerprint density at radius 3 is 2.59 bits per heavy atom. The normalized spacial score (nSPS) is 10.3. The summed E-state index contributed by atoms with van der Waals surface area (Å²) >= 11 is 0. The number of benzene rings is 1. The molecule has 6 heteroatoms. The Hall–Kier alpha value is -2.76. The number of carboxylic acid groups (broad SMARTS) is 1. The van der Waals surface area contributed by atoms with Gasteiger partial charge < -0.3 is 19.6 Å². The number of carbonyl (C=O) groups is 2. The zero-order valence-electron chi connectivity index (χ0n) is 12.6. The van der Waals surface area contributed by atoms with Crippen LogP contribution in [0.15, 0.2) is 28.7 Å². The maximum atomic E-state index is 12.2. The molecule has 0 aliphatic heterocycles. The molecule has 0 unspecified atom stereocenters. The van der Waals surface area contributed by atoms with E-state index in [9.17, 15) is 9.59 Å². The summed E-state index contributed by atoms with van der Waals surface area (Å²) in [7, 11) is 1.41. The Balaban J connectivity index is 2.25. The van der Waals surface area contributed by atoms with Gasteiger partial charge in [0.15, 0.2) is 5.76 Å². The highest BCUT2D eigenvalue weighted by atomic mass is 16.5. The minimum Gasteiger partial charge on any atom is -0.495 e. The van der Waals surface area contributed by atoms with Crippen molar-refractivity contribution in [1.82, 2.24) is 0 Å². The molecule has 2 rings (SSSR count). The zero-order valence-corrected chi connectivity index (χ0v) is 12.6. The second kappa shape index (κ2) is 6.34. The van der Waals surface area contributed by atoms with Crippen molar-refractivity contribution in [1.29, 1.82) is 0 Å². The molecular formula is C16H17NO5. The third-order valence-electron chi connectivity index (χ3n) is 3.26. The molecule has 22 heavy (non-hydrogen) atoms. The number of amides is 1. The van der Waals surface area contributed by atoms with Gasteiger partial charge in [-0.2, -0.15) is 0 Å². The van der Waals surface area contributed by atoms with Crippen LogP contribution in [0.25, 0.3) is 0 Å². The van der Waals surface area contributed by atoms with Crippen LogP contribution in [0.4, 0.5) is 5.69 Å². The summed E-state index contributed by atoms with van der Waals surface area (Å²) in [4.78, 5) is 23.1. The summed E-state index contributed by atoms with van der Waals surface area (Å²) in [5, 5.41) is 11.6. The van der Waals surface area contributed by atoms with Crippen molar-refractivity contribution in [3.63, 3.8) is 0 Å². The third kappa shape index (κ3) is 3.11. The first-order valence-electron chi connectivity index (χ1n) is 6.78. The van der Waals surface area contributed by atoms with Crippen molar-refractivity contribution in [3.8, 4) is 5.75 Å². The molecular weight excluding hydrogens is 286 g/mol. The highest BCUT2D eigenvalue weighted by molar-refractivity contribution is 6.03. The van der Waals surface area contributed by atoms with Crippen molar-refractivity contribution >= 4 is 17.6 Å². The van der Waals surface area contributed by atoms with Gasteiger partial charge in [-0.25, -0.2) is 4.79 Å². The van der Waals surface area contributed by atoms with E-state index in [1.54, 1.807) is 6.07 Å². The molecule has 6 nitrogen and oxygen atoms in total. The number of methoxy groups -OCH3 is 1. The number of hydrogen-bond acceptors (Lipinski definition) is 4. The van der Waals surface area contributed by atoms with E-state index in [1.165, 1.54) is 25.3 Å². The quantitative estimate of drug-likeness (QED) is 0.886. The number of anilines is 1. The van der Waals surface area contributed by atoms with Gasteiger partial charge in [-0.05, 0) is 36.8 Å². The van der Waals surface area contributed by atoms with Gasteiger partial charge >= 0.3 is 5.97 Å². The second-order valence-electron chi connectivity index (χ2n) is 4.74. The minimum absolute atomic E-state index is 0.0805. The van der Waals surface area contributed by atoms with Crippen LogP contribution in [0.2, 0.25) is 0 Å². The van der Waals surface area contributed by atoms with E-state index in [4.69, 9.17) is 14.3 Å². The molecule has 0 aliphatic carbocycles. The Kier molecular flexibility index (Phi) is 4.50. The van der Waals surface area contributed by atoms with Gasteiger partial charge in [-0.1, -0.05) is 6.92 Å². The van der Waals surface area contributed by atoms with E-state index in [-0.39, 0.29) is 17.1 Å². The molecule has 1 aromatic carbocycles. The summed E-state index contributed by atoms with van der Waals surface area (Å²) in [6.45, 7) is 3.82. The standard InChI is InChI=1S/C16H17NO5/c1-4-12-9(2)7-14(22-12)15(18)17-11-6-5-10(16(19)20)8-13(11)21-3/h5-8H,4H2,1-3H3,(H,17,18)(H,19,20). The molecule has 0 fully saturated rings. The number of nitrogens with one attached hydrogen (secondary N) is 1. The predicted octanol–water partition coefficient (Wildman–Crippen LogP) is 3.11. The number of aromatic carboxylic acids is 1. The van der Waals surface area contributed by atoms with Crippen LogP contribution < -0.4 is 10.1 Å². The lowest BCUT2D eigenvalue weighted by atomic mass is 10.2. The van der Waals surface area contributed by atoms with E-state index in [0.29, 0.717) is 12.1 Å².